The Morgan fingerprint density at radius 3 is 2.32 bits per heavy atom. The lowest BCUT2D eigenvalue weighted by molar-refractivity contribution is -0.116. The maximum Gasteiger partial charge on any atom is 0.295 e. The van der Waals surface area contributed by atoms with Crippen molar-refractivity contribution in [2.24, 2.45) is 0 Å². The topological polar surface area (TPSA) is 49.4 Å². The minimum atomic E-state index is -0.598. The molecule has 1 saturated heterocycles. The maximum absolute atomic E-state index is 12.5. The number of imide groups is 1. The fourth-order valence-electron chi connectivity index (χ4n) is 2.13. The third-order valence-electron chi connectivity index (χ3n) is 3.28. The van der Waals surface area contributed by atoms with E-state index in [-0.39, 0.29) is 11.1 Å². The lowest BCUT2D eigenvalue weighted by Gasteiger charge is -2.15. The number of thioether (sulfide) groups is 1. The number of carbonyl (C=O) groups is 2. The third kappa shape index (κ3) is 3.03. The van der Waals surface area contributed by atoms with Crippen LogP contribution in [0.3, 0.4) is 0 Å². The molecule has 3 rings (SSSR count). The number of amides is 2. The highest BCUT2D eigenvalue weighted by atomic mass is 79.9. The van der Waals surface area contributed by atoms with Crippen molar-refractivity contribution >= 4 is 50.2 Å². The molecule has 112 valence electrons. The molecular weight excluding hydrogens is 364 g/mol. The van der Waals surface area contributed by atoms with Crippen LogP contribution in [0.25, 0.3) is 0 Å². The zero-order chi connectivity index (χ0) is 15.7. The Labute approximate surface area is 141 Å². The van der Waals surface area contributed by atoms with E-state index in [1.54, 1.807) is 24.3 Å². The molecule has 2 amide bonds. The van der Waals surface area contributed by atoms with Gasteiger partial charge < -0.3 is 5.32 Å². The Hall–Kier alpha value is -1.79. The average Bonchev–Trinajstić information content (AvgIpc) is 2.77. The van der Waals surface area contributed by atoms with Gasteiger partial charge >= 0.3 is 0 Å². The van der Waals surface area contributed by atoms with Gasteiger partial charge in [-0.2, -0.15) is 0 Å². The monoisotopic (exact) mass is 376 g/mol. The summed E-state index contributed by atoms with van der Waals surface area (Å²) in [6.45, 7) is 2.00. The van der Waals surface area contributed by atoms with Crippen molar-refractivity contribution in [1.82, 2.24) is 0 Å². The van der Waals surface area contributed by atoms with Crippen molar-refractivity contribution in [1.29, 1.82) is 0 Å². The van der Waals surface area contributed by atoms with Crippen LogP contribution in [-0.4, -0.2) is 16.5 Å². The molecule has 1 aliphatic rings. The van der Waals surface area contributed by atoms with Gasteiger partial charge in [-0.05, 0) is 55.1 Å². The fraction of sp³-hybridized carbons (Fsp3) is 0.125. The molecule has 0 radical (unpaired) electrons. The standard InChI is InChI=1S/C16H13BrN2O2S/c1-10-2-6-12(7-3-10)18-14-15(20)19(16(21)22-14)13-8-4-11(17)5-9-13/h2-9,14,18H,1H3. The first kappa shape index (κ1) is 15.1. The lowest BCUT2D eigenvalue weighted by atomic mass is 10.2. The number of carbonyl (C=O) groups excluding carboxylic acids is 2. The van der Waals surface area contributed by atoms with Crippen molar-refractivity contribution < 1.29 is 9.59 Å². The first-order valence-electron chi connectivity index (χ1n) is 6.68. The summed E-state index contributed by atoms with van der Waals surface area (Å²) in [6.07, 6.45) is 0. The molecule has 1 aliphatic heterocycles. The molecule has 1 fully saturated rings. The number of hydrogen-bond donors (Lipinski definition) is 1. The van der Waals surface area contributed by atoms with Crippen molar-refractivity contribution in [3.8, 4) is 0 Å². The van der Waals surface area contributed by atoms with E-state index in [1.807, 2.05) is 31.2 Å². The Morgan fingerprint density at radius 2 is 1.68 bits per heavy atom. The number of hydrogen-bond acceptors (Lipinski definition) is 4. The van der Waals surface area contributed by atoms with E-state index in [2.05, 4.69) is 21.2 Å². The Morgan fingerprint density at radius 1 is 1.05 bits per heavy atom. The molecule has 0 aliphatic carbocycles. The second-order valence-electron chi connectivity index (χ2n) is 4.92. The Balaban J connectivity index is 1.79. The van der Waals surface area contributed by atoms with Crippen LogP contribution < -0.4 is 10.2 Å². The Bertz CT molecular complexity index is 716. The van der Waals surface area contributed by atoms with E-state index < -0.39 is 5.37 Å². The van der Waals surface area contributed by atoms with Crippen LogP contribution in [0.5, 0.6) is 0 Å². The second-order valence-corrected chi connectivity index (χ2v) is 6.90. The van der Waals surface area contributed by atoms with E-state index in [9.17, 15) is 9.59 Å². The smallest absolute Gasteiger partial charge is 0.295 e. The van der Waals surface area contributed by atoms with E-state index in [4.69, 9.17) is 0 Å². The molecule has 0 bridgehead atoms. The van der Waals surface area contributed by atoms with Gasteiger partial charge in [0, 0.05) is 10.2 Å². The van der Waals surface area contributed by atoms with Crippen molar-refractivity contribution in [3.05, 3.63) is 58.6 Å². The summed E-state index contributed by atoms with van der Waals surface area (Å²) in [5.74, 6) is -0.252. The van der Waals surface area contributed by atoms with Gasteiger partial charge in [0.2, 0.25) is 0 Å². The quantitative estimate of drug-likeness (QED) is 0.862. The summed E-state index contributed by atoms with van der Waals surface area (Å²) in [6, 6.07) is 14.8. The summed E-state index contributed by atoms with van der Waals surface area (Å²) in [4.78, 5) is 25.8. The lowest BCUT2D eigenvalue weighted by Crippen LogP contribution is -2.34. The minimum Gasteiger partial charge on any atom is -0.365 e. The molecule has 1 atom stereocenters. The van der Waals surface area contributed by atoms with Crippen LogP contribution >= 0.6 is 27.7 Å². The molecule has 1 N–H and O–H groups in total. The van der Waals surface area contributed by atoms with Crippen LogP contribution in [0.1, 0.15) is 5.56 Å². The highest BCUT2D eigenvalue weighted by Gasteiger charge is 2.40. The number of anilines is 2. The number of halogens is 1. The van der Waals surface area contributed by atoms with Gasteiger partial charge in [0.05, 0.1) is 5.69 Å². The normalized spacial score (nSPS) is 17.9. The van der Waals surface area contributed by atoms with Gasteiger partial charge in [-0.1, -0.05) is 33.6 Å². The van der Waals surface area contributed by atoms with E-state index in [0.717, 1.165) is 27.5 Å². The summed E-state index contributed by atoms with van der Waals surface area (Å²) < 4.78 is 0.900. The molecule has 2 aromatic carbocycles. The van der Waals surface area contributed by atoms with E-state index in [0.29, 0.717) is 5.69 Å². The molecule has 22 heavy (non-hydrogen) atoms. The summed E-state index contributed by atoms with van der Waals surface area (Å²) in [7, 11) is 0. The van der Waals surface area contributed by atoms with Crippen LogP contribution in [0.4, 0.5) is 16.2 Å². The average molecular weight is 377 g/mol. The van der Waals surface area contributed by atoms with Crippen LogP contribution in [0.2, 0.25) is 0 Å². The van der Waals surface area contributed by atoms with Crippen LogP contribution in [0.15, 0.2) is 53.0 Å². The zero-order valence-electron chi connectivity index (χ0n) is 11.7. The number of aryl methyl sites for hydroxylation is 1. The minimum absolute atomic E-state index is 0.252. The van der Waals surface area contributed by atoms with Crippen LogP contribution in [0, 0.1) is 6.92 Å². The molecule has 1 heterocycles. The molecule has 0 aromatic heterocycles. The van der Waals surface area contributed by atoms with Crippen LogP contribution in [-0.2, 0) is 4.79 Å². The zero-order valence-corrected chi connectivity index (χ0v) is 14.1. The molecule has 0 spiro atoms. The first-order valence-corrected chi connectivity index (χ1v) is 8.35. The number of nitrogens with one attached hydrogen (secondary N) is 1. The molecule has 4 nitrogen and oxygen atoms in total. The molecule has 6 heteroatoms. The Kier molecular flexibility index (Phi) is 4.22. The number of rotatable bonds is 3. The van der Waals surface area contributed by atoms with Gasteiger partial charge in [0.15, 0.2) is 5.37 Å². The highest BCUT2D eigenvalue weighted by Crippen LogP contribution is 2.32. The van der Waals surface area contributed by atoms with Gasteiger partial charge in [0.1, 0.15) is 0 Å². The van der Waals surface area contributed by atoms with Crippen molar-refractivity contribution in [3.63, 3.8) is 0 Å². The molecule has 0 saturated carbocycles. The molecule has 2 aromatic rings. The predicted octanol–water partition coefficient (Wildman–Crippen LogP) is 4.40. The second kappa shape index (κ2) is 6.14. The largest absolute Gasteiger partial charge is 0.365 e. The predicted molar refractivity (Wildman–Crippen MR) is 93.2 cm³/mol. The van der Waals surface area contributed by atoms with Gasteiger partial charge in [-0.15, -0.1) is 0 Å². The molecule has 1 unspecified atom stereocenters. The van der Waals surface area contributed by atoms with Gasteiger partial charge in [-0.25, -0.2) is 4.90 Å². The van der Waals surface area contributed by atoms with Gasteiger partial charge in [-0.3, -0.25) is 9.59 Å². The highest BCUT2D eigenvalue weighted by molar-refractivity contribution is 9.10. The summed E-state index contributed by atoms with van der Waals surface area (Å²) >= 11 is 4.33. The fourth-order valence-corrected chi connectivity index (χ4v) is 3.29. The third-order valence-corrected chi connectivity index (χ3v) is 4.75. The van der Waals surface area contributed by atoms with Crippen molar-refractivity contribution in [2.75, 3.05) is 10.2 Å². The summed E-state index contributed by atoms with van der Waals surface area (Å²) in [5.41, 5.74) is 2.55. The molecular formula is C16H13BrN2O2S. The van der Waals surface area contributed by atoms with Crippen molar-refractivity contribution in [2.45, 2.75) is 12.3 Å². The summed E-state index contributed by atoms with van der Waals surface area (Å²) in [5, 5.41) is 2.24. The van der Waals surface area contributed by atoms with E-state index in [1.165, 1.54) is 4.90 Å². The number of benzene rings is 2. The van der Waals surface area contributed by atoms with Gasteiger partial charge in [0.25, 0.3) is 11.1 Å². The van der Waals surface area contributed by atoms with E-state index >= 15 is 0 Å². The maximum atomic E-state index is 12.5. The SMILES string of the molecule is Cc1ccc(NC2SC(=O)N(c3ccc(Br)cc3)C2=O)cc1. The first-order chi connectivity index (χ1) is 10.5. The number of nitrogens with zero attached hydrogens (tertiary/aromatic N) is 1.